The number of methoxy groups -OCH3 is 1. The summed E-state index contributed by atoms with van der Waals surface area (Å²) in [5, 5.41) is 5.69. The third kappa shape index (κ3) is 4.06. The van der Waals surface area contributed by atoms with E-state index in [9.17, 15) is 9.59 Å². The molecule has 2 amide bonds. The molecule has 3 aromatic rings. The molecule has 4 rings (SSSR count). The number of hydrogen-bond acceptors (Lipinski definition) is 6. The van der Waals surface area contributed by atoms with Gasteiger partial charge in [-0.3, -0.25) is 0 Å². The van der Waals surface area contributed by atoms with Gasteiger partial charge in [-0.15, -0.1) is 11.3 Å². The minimum absolute atomic E-state index is 0.339. The van der Waals surface area contributed by atoms with Gasteiger partial charge in [0, 0.05) is 11.4 Å². The van der Waals surface area contributed by atoms with Crippen molar-refractivity contribution < 1.29 is 14.3 Å². The molecule has 0 saturated heterocycles. The number of nitrogens with zero attached hydrogens (tertiary/aromatic N) is 1. The van der Waals surface area contributed by atoms with E-state index in [0.29, 0.717) is 17.0 Å². The van der Waals surface area contributed by atoms with E-state index < -0.39 is 12.0 Å². The first kappa shape index (κ1) is 20.4. The number of aromatic nitrogens is 1. The minimum Gasteiger partial charge on any atom is -0.466 e. The van der Waals surface area contributed by atoms with Crippen molar-refractivity contribution in [2.45, 2.75) is 24.2 Å². The van der Waals surface area contributed by atoms with Crippen LogP contribution >= 0.6 is 23.1 Å². The Kier molecular flexibility index (Phi) is 5.78. The molecule has 1 aliphatic rings. The molecule has 1 atom stereocenters. The minimum atomic E-state index is -0.572. The van der Waals surface area contributed by atoms with Gasteiger partial charge in [0.25, 0.3) is 0 Å². The molecule has 0 fully saturated rings. The van der Waals surface area contributed by atoms with Gasteiger partial charge in [-0.05, 0) is 37.1 Å². The van der Waals surface area contributed by atoms with E-state index >= 15 is 0 Å². The number of ether oxygens (including phenoxy) is 1. The number of fused-ring (bicyclic) bond motifs is 1. The highest BCUT2D eigenvalue weighted by atomic mass is 32.2. The highest BCUT2D eigenvalue weighted by molar-refractivity contribution is 8.01. The fraction of sp³-hybridized carbons (Fsp3) is 0.227. The molecule has 0 unspecified atom stereocenters. The van der Waals surface area contributed by atoms with Gasteiger partial charge in [-0.25, -0.2) is 14.6 Å². The van der Waals surface area contributed by atoms with Gasteiger partial charge in [-0.2, -0.15) is 0 Å². The molecule has 1 aliphatic heterocycles. The third-order valence-electron chi connectivity index (χ3n) is 4.92. The molecule has 0 saturated carbocycles. The van der Waals surface area contributed by atoms with E-state index in [1.54, 1.807) is 11.3 Å². The van der Waals surface area contributed by atoms with Crippen LogP contribution in [0.25, 0.3) is 10.2 Å². The van der Waals surface area contributed by atoms with Gasteiger partial charge in [0.05, 0.1) is 28.9 Å². The summed E-state index contributed by atoms with van der Waals surface area (Å²) in [4.78, 5) is 29.8. The number of benzene rings is 2. The zero-order valence-electron chi connectivity index (χ0n) is 16.8. The molecule has 2 aromatic carbocycles. The number of carbonyl (C=O) groups is 2. The van der Waals surface area contributed by atoms with E-state index in [4.69, 9.17) is 4.74 Å². The summed E-state index contributed by atoms with van der Waals surface area (Å²) in [5.74, 6) is -0.0627. The fourth-order valence-electron chi connectivity index (χ4n) is 3.43. The summed E-state index contributed by atoms with van der Waals surface area (Å²) in [5.41, 5.74) is 4.83. The molecule has 6 nitrogen and oxygen atoms in total. The standard InChI is InChI=1S/C22H21N3O3S2/c1-12-8-9-13(2)14(10-12)19-18(20(26)28-3)16(23-21(27)25-19)11-29-22-24-15-6-4-5-7-17(15)30-22/h4-10,19H,11H2,1-3H3,(H2,23,25,27)/t19-/m1/s1. The second kappa shape index (κ2) is 8.49. The molecule has 0 spiro atoms. The zero-order valence-corrected chi connectivity index (χ0v) is 18.4. The first-order valence-electron chi connectivity index (χ1n) is 9.40. The van der Waals surface area contributed by atoms with Gasteiger partial charge in [0.1, 0.15) is 0 Å². The average Bonchev–Trinajstić information content (AvgIpc) is 3.16. The monoisotopic (exact) mass is 439 g/mol. The summed E-state index contributed by atoms with van der Waals surface area (Å²) < 4.78 is 7.05. The first-order chi connectivity index (χ1) is 14.5. The number of rotatable bonds is 5. The van der Waals surface area contributed by atoms with Crippen LogP contribution < -0.4 is 10.6 Å². The molecule has 2 N–H and O–H groups in total. The second-order valence-corrected chi connectivity index (χ2v) is 9.26. The van der Waals surface area contributed by atoms with Gasteiger partial charge >= 0.3 is 12.0 Å². The lowest BCUT2D eigenvalue weighted by Crippen LogP contribution is -2.46. The van der Waals surface area contributed by atoms with Crippen LogP contribution in [-0.2, 0) is 9.53 Å². The van der Waals surface area contributed by atoms with Crippen molar-refractivity contribution in [3.05, 3.63) is 70.4 Å². The van der Waals surface area contributed by atoms with Crippen LogP contribution in [0.5, 0.6) is 0 Å². The fourth-order valence-corrected chi connectivity index (χ4v) is 5.47. The lowest BCUT2D eigenvalue weighted by molar-refractivity contribution is -0.136. The molecular formula is C22H21N3O3S2. The number of nitrogens with one attached hydrogen (secondary N) is 2. The number of amides is 2. The van der Waals surface area contributed by atoms with Crippen LogP contribution in [0.15, 0.2) is 58.1 Å². The topological polar surface area (TPSA) is 80.3 Å². The maximum Gasteiger partial charge on any atom is 0.338 e. The van der Waals surface area contributed by atoms with Crippen LogP contribution in [0.1, 0.15) is 22.7 Å². The normalized spacial score (nSPS) is 16.4. The predicted molar refractivity (Wildman–Crippen MR) is 120 cm³/mol. The molecule has 0 radical (unpaired) electrons. The zero-order chi connectivity index (χ0) is 21.3. The van der Waals surface area contributed by atoms with Crippen molar-refractivity contribution >= 4 is 45.3 Å². The quantitative estimate of drug-likeness (QED) is 0.452. The van der Waals surface area contributed by atoms with Crippen LogP contribution in [0, 0.1) is 13.8 Å². The Balaban J connectivity index is 1.71. The SMILES string of the molecule is COC(=O)C1=C(CSc2nc3ccccc3s2)NC(=O)N[C@@H]1c1cc(C)ccc1C. The number of thiazole rings is 1. The Labute approximate surface area is 182 Å². The van der Waals surface area contributed by atoms with Crippen molar-refractivity contribution in [1.29, 1.82) is 0 Å². The molecule has 2 heterocycles. The van der Waals surface area contributed by atoms with E-state index in [1.807, 2.05) is 56.3 Å². The lowest BCUT2D eigenvalue weighted by atomic mass is 9.91. The highest BCUT2D eigenvalue weighted by Crippen LogP contribution is 2.34. The summed E-state index contributed by atoms with van der Waals surface area (Å²) in [6, 6.07) is 13.0. The van der Waals surface area contributed by atoms with Crippen LogP contribution in [0.3, 0.4) is 0 Å². The lowest BCUT2D eigenvalue weighted by Gasteiger charge is -2.30. The summed E-state index contributed by atoms with van der Waals surface area (Å²) >= 11 is 3.08. The first-order valence-corrected chi connectivity index (χ1v) is 11.2. The number of urea groups is 1. The smallest absolute Gasteiger partial charge is 0.338 e. The molecule has 0 aliphatic carbocycles. The number of aryl methyl sites for hydroxylation is 2. The molecule has 1 aromatic heterocycles. The van der Waals surface area contributed by atoms with Crippen molar-refractivity contribution in [2.75, 3.05) is 12.9 Å². The number of para-hydroxylation sites is 1. The maximum absolute atomic E-state index is 12.7. The van der Waals surface area contributed by atoms with E-state index in [-0.39, 0.29) is 6.03 Å². The van der Waals surface area contributed by atoms with E-state index in [0.717, 1.165) is 31.2 Å². The Bertz CT molecular complexity index is 1140. The van der Waals surface area contributed by atoms with E-state index in [1.165, 1.54) is 18.9 Å². The van der Waals surface area contributed by atoms with Gasteiger partial charge in [-0.1, -0.05) is 47.7 Å². The number of hydrogen-bond donors (Lipinski definition) is 2. The summed E-state index contributed by atoms with van der Waals surface area (Å²) in [6.45, 7) is 3.95. The van der Waals surface area contributed by atoms with Crippen molar-refractivity contribution in [3.8, 4) is 0 Å². The maximum atomic E-state index is 12.7. The van der Waals surface area contributed by atoms with Crippen molar-refractivity contribution in [3.63, 3.8) is 0 Å². The van der Waals surface area contributed by atoms with Crippen LogP contribution in [-0.4, -0.2) is 29.8 Å². The Morgan fingerprint density at radius 3 is 2.80 bits per heavy atom. The number of thioether (sulfide) groups is 1. The van der Waals surface area contributed by atoms with Gasteiger partial charge in [0.2, 0.25) is 0 Å². The molecular weight excluding hydrogens is 418 g/mol. The Morgan fingerprint density at radius 2 is 2.03 bits per heavy atom. The third-order valence-corrected chi connectivity index (χ3v) is 7.12. The summed E-state index contributed by atoms with van der Waals surface area (Å²) in [7, 11) is 1.35. The van der Waals surface area contributed by atoms with Crippen molar-refractivity contribution in [1.82, 2.24) is 15.6 Å². The van der Waals surface area contributed by atoms with Crippen LogP contribution in [0.2, 0.25) is 0 Å². The Morgan fingerprint density at radius 1 is 1.23 bits per heavy atom. The van der Waals surface area contributed by atoms with E-state index in [2.05, 4.69) is 15.6 Å². The van der Waals surface area contributed by atoms with Gasteiger partial charge in [0.15, 0.2) is 4.34 Å². The number of carbonyl (C=O) groups excluding carboxylic acids is 2. The molecule has 0 bridgehead atoms. The second-order valence-electron chi connectivity index (χ2n) is 7.01. The molecule has 8 heteroatoms. The Hall–Kier alpha value is -2.84. The summed E-state index contributed by atoms with van der Waals surface area (Å²) in [6.07, 6.45) is 0. The van der Waals surface area contributed by atoms with Crippen molar-refractivity contribution in [2.24, 2.45) is 0 Å². The van der Waals surface area contributed by atoms with Gasteiger partial charge < -0.3 is 15.4 Å². The largest absolute Gasteiger partial charge is 0.466 e. The molecule has 30 heavy (non-hydrogen) atoms. The van der Waals surface area contributed by atoms with Crippen LogP contribution in [0.4, 0.5) is 4.79 Å². The number of esters is 1. The predicted octanol–water partition coefficient (Wildman–Crippen LogP) is 4.49. The molecule has 154 valence electrons. The average molecular weight is 440 g/mol. The highest BCUT2D eigenvalue weighted by Gasteiger charge is 2.34.